The highest BCUT2D eigenvalue weighted by molar-refractivity contribution is 6.27. The van der Waals surface area contributed by atoms with E-state index in [1.807, 2.05) is 42.5 Å². The third-order valence-corrected chi connectivity index (χ3v) is 11.1. The smallest absolute Gasteiger partial charge is 0.123 e. The van der Waals surface area contributed by atoms with E-state index in [4.69, 9.17) is 10.7 Å². The van der Waals surface area contributed by atoms with Crippen molar-refractivity contribution in [2.24, 2.45) is 10.7 Å². The van der Waals surface area contributed by atoms with Gasteiger partial charge in [-0.25, -0.2) is 0 Å². The van der Waals surface area contributed by atoms with Crippen molar-refractivity contribution < 1.29 is 0 Å². The van der Waals surface area contributed by atoms with Crippen molar-refractivity contribution in [2.45, 2.75) is 25.9 Å². The summed E-state index contributed by atoms with van der Waals surface area (Å²) in [5.41, 5.74) is 21.3. The summed E-state index contributed by atoms with van der Waals surface area (Å²) >= 11 is 0. The number of rotatable bonds is 7. The van der Waals surface area contributed by atoms with Crippen LogP contribution in [-0.4, -0.2) is 14.8 Å². The summed E-state index contributed by atoms with van der Waals surface area (Å²) in [7, 11) is 0. The Balaban J connectivity index is 1.34. The minimum absolute atomic E-state index is 0.299. The molecule has 1 unspecified atom stereocenters. The third kappa shape index (κ3) is 5.57. The Kier molecular flexibility index (Phi) is 8.03. The highest BCUT2D eigenvalue weighted by atomic mass is 15.1. The largest absolute Gasteiger partial charge is 0.398 e. The van der Waals surface area contributed by atoms with Crippen LogP contribution >= 0.6 is 0 Å². The number of aromatic nitrogens is 2. The first-order valence-corrected chi connectivity index (χ1v) is 19.1. The molecule has 0 aliphatic heterocycles. The highest BCUT2D eigenvalue weighted by Gasteiger charge is 2.26. The highest BCUT2D eigenvalue weighted by Crippen LogP contribution is 2.46. The lowest BCUT2D eigenvalue weighted by molar-refractivity contribution is 0.615. The van der Waals surface area contributed by atoms with Gasteiger partial charge >= 0.3 is 0 Å². The molecule has 0 saturated heterocycles. The number of aryl methyl sites for hydroxylation is 1. The van der Waals surface area contributed by atoms with Crippen LogP contribution in [0, 0.1) is 0 Å². The van der Waals surface area contributed by atoms with Gasteiger partial charge < -0.3 is 14.9 Å². The van der Waals surface area contributed by atoms with Crippen molar-refractivity contribution in [1.29, 1.82) is 0 Å². The van der Waals surface area contributed by atoms with Gasteiger partial charge in [0.1, 0.15) is 6.17 Å². The number of aliphatic imine (C=N–C) groups is 1. The van der Waals surface area contributed by atoms with Gasteiger partial charge in [0.05, 0.1) is 27.8 Å². The number of allylic oxidation sites excluding steroid dienone is 2. The molecule has 0 radical (unpaired) electrons. The van der Waals surface area contributed by atoms with E-state index < -0.39 is 0 Å². The zero-order valence-corrected chi connectivity index (χ0v) is 30.7. The second-order valence-corrected chi connectivity index (χ2v) is 14.5. The van der Waals surface area contributed by atoms with E-state index in [1.54, 1.807) is 0 Å². The number of fused-ring (bicyclic) bond motifs is 8. The Hall–Kier alpha value is -6.91. The van der Waals surface area contributed by atoms with Crippen molar-refractivity contribution in [3.8, 4) is 16.8 Å². The minimum atomic E-state index is -0.299. The Morgan fingerprint density at radius 1 is 0.655 bits per heavy atom. The summed E-state index contributed by atoms with van der Waals surface area (Å²) < 4.78 is 4.91. The average Bonchev–Trinajstić information content (AvgIpc) is 3.77. The molecule has 4 nitrogen and oxygen atoms in total. The standard InChI is InChI=1S/C51H40N4/c1-34(53-46(37-20-7-3-8-21-37)33-45(52)36-18-5-2-6-19-36)54-48-28-16-14-26-42(48)49-43(39-30-29-35-17-11-12-22-38(35)31-39)32-44-41-25-13-15-27-47(41)55(50(44)51(49)54)40-23-9-4-10-24-40/h2-11,13-21,23-34H,12,22,52H2,1H3/b45-33-,53-46?. The molecule has 55 heavy (non-hydrogen) atoms. The van der Waals surface area contributed by atoms with Gasteiger partial charge in [-0.05, 0) is 89.6 Å². The molecule has 264 valence electrons. The van der Waals surface area contributed by atoms with Crippen LogP contribution in [0.25, 0.3) is 72.2 Å². The van der Waals surface area contributed by atoms with Crippen molar-refractivity contribution >= 4 is 61.1 Å². The van der Waals surface area contributed by atoms with Gasteiger partial charge in [-0.2, -0.15) is 0 Å². The van der Waals surface area contributed by atoms with Gasteiger partial charge in [-0.1, -0.05) is 146 Å². The number of nitrogens with zero attached hydrogens (tertiary/aromatic N) is 3. The molecule has 10 rings (SSSR count). The van der Waals surface area contributed by atoms with E-state index in [-0.39, 0.29) is 6.17 Å². The van der Waals surface area contributed by atoms with Crippen molar-refractivity contribution in [1.82, 2.24) is 9.13 Å². The fourth-order valence-corrected chi connectivity index (χ4v) is 8.62. The molecule has 1 aliphatic rings. The summed E-state index contributed by atoms with van der Waals surface area (Å²) in [5.74, 6) is 0. The van der Waals surface area contributed by atoms with Crippen LogP contribution in [0.2, 0.25) is 0 Å². The SMILES string of the molecule is CC(N=C(/C=C(\N)c1ccccc1)c1ccccc1)n1c2ccccc2c2c(-c3ccc4c(c3)CCC=C4)cc3c4ccccc4n(-c4ccccc4)c3c21. The van der Waals surface area contributed by atoms with E-state index in [2.05, 4.69) is 156 Å². The lowest BCUT2D eigenvalue weighted by Gasteiger charge is -2.18. The lowest BCUT2D eigenvalue weighted by atomic mass is 9.91. The lowest BCUT2D eigenvalue weighted by Crippen LogP contribution is -2.09. The van der Waals surface area contributed by atoms with E-state index in [0.717, 1.165) is 46.4 Å². The number of nitrogens with two attached hydrogens (primary N) is 1. The maximum atomic E-state index is 6.81. The van der Waals surface area contributed by atoms with Crippen LogP contribution in [0.1, 0.15) is 41.8 Å². The second-order valence-electron chi connectivity index (χ2n) is 14.5. The molecule has 0 saturated carbocycles. The monoisotopic (exact) mass is 708 g/mol. The van der Waals surface area contributed by atoms with E-state index in [9.17, 15) is 0 Å². The summed E-state index contributed by atoms with van der Waals surface area (Å²) in [6.45, 7) is 2.21. The quantitative estimate of drug-likeness (QED) is 0.165. The molecule has 9 aromatic rings. The Labute approximate surface area is 320 Å². The van der Waals surface area contributed by atoms with Gasteiger partial charge in [0, 0.05) is 32.9 Å². The van der Waals surface area contributed by atoms with Crippen LogP contribution in [0.5, 0.6) is 0 Å². The number of hydrogen-bond donors (Lipinski definition) is 1. The summed E-state index contributed by atoms with van der Waals surface area (Å²) in [5, 5.41) is 4.88. The molecule has 0 bridgehead atoms. The number of benzene rings is 7. The van der Waals surface area contributed by atoms with Gasteiger partial charge in [0.25, 0.3) is 0 Å². The van der Waals surface area contributed by atoms with Crippen molar-refractivity contribution in [3.05, 3.63) is 198 Å². The van der Waals surface area contributed by atoms with E-state index in [1.165, 1.54) is 54.8 Å². The molecular formula is C51H40N4. The molecule has 1 atom stereocenters. The summed E-state index contributed by atoms with van der Waals surface area (Å²) in [6, 6.07) is 58.4. The van der Waals surface area contributed by atoms with Gasteiger partial charge in [0.15, 0.2) is 0 Å². The van der Waals surface area contributed by atoms with Crippen molar-refractivity contribution in [2.75, 3.05) is 0 Å². The molecule has 0 amide bonds. The van der Waals surface area contributed by atoms with Crippen LogP contribution < -0.4 is 5.73 Å². The van der Waals surface area contributed by atoms with Crippen molar-refractivity contribution in [3.63, 3.8) is 0 Å². The molecule has 0 spiro atoms. The van der Waals surface area contributed by atoms with Crippen LogP contribution in [-0.2, 0) is 6.42 Å². The minimum Gasteiger partial charge on any atom is -0.398 e. The zero-order chi connectivity index (χ0) is 36.9. The normalized spacial score (nSPS) is 13.9. The number of para-hydroxylation sites is 3. The third-order valence-electron chi connectivity index (χ3n) is 11.1. The average molecular weight is 709 g/mol. The first-order valence-electron chi connectivity index (χ1n) is 19.1. The number of hydrogen-bond acceptors (Lipinski definition) is 2. The predicted octanol–water partition coefficient (Wildman–Crippen LogP) is 12.5. The summed E-state index contributed by atoms with van der Waals surface area (Å²) in [4.78, 5) is 5.58. The Morgan fingerprint density at radius 2 is 1.31 bits per heavy atom. The molecule has 1 aliphatic carbocycles. The first kappa shape index (κ1) is 32.7. The molecular weight excluding hydrogens is 669 g/mol. The summed E-state index contributed by atoms with van der Waals surface area (Å²) in [6.07, 6.45) is 8.40. The first-order chi connectivity index (χ1) is 27.1. The molecule has 4 heteroatoms. The molecule has 2 N–H and O–H groups in total. The second kappa shape index (κ2) is 13.5. The van der Waals surface area contributed by atoms with Crippen LogP contribution in [0.15, 0.2) is 181 Å². The predicted molar refractivity (Wildman–Crippen MR) is 233 cm³/mol. The van der Waals surface area contributed by atoms with Gasteiger partial charge in [-0.3, -0.25) is 4.99 Å². The molecule has 2 heterocycles. The Morgan fingerprint density at radius 3 is 2.07 bits per heavy atom. The van der Waals surface area contributed by atoms with E-state index in [0.29, 0.717) is 5.70 Å². The molecule has 2 aromatic heterocycles. The topological polar surface area (TPSA) is 48.2 Å². The Bertz CT molecular complexity index is 2980. The van der Waals surface area contributed by atoms with Crippen LogP contribution in [0.3, 0.4) is 0 Å². The maximum Gasteiger partial charge on any atom is 0.123 e. The zero-order valence-electron chi connectivity index (χ0n) is 30.7. The van der Waals surface area contributed by atoms with E-state index >= 15 is 0 Å². The maximum absolute atomic E-state index is 6.81. The van der Waals surface area contributed by atoms with Crippen LogP contribution in [0.4, 0.5) is 0 Å². The molecule has 0 fully saturated rings. The fraction of sp³-hybridized carbons (Fsp3) is 0.0784. The van der Waals surface area contributed by atoms with Gasteiger partial charge in [0.2, 0.25) is 0 Å². The fourth-order valence-electron chi connectivity index (χ4n) is 8.62. The van der Waals surface area contributed by atoms with Gasteiger partial charge in [-0.15, -0.1) is 0 Å². The molecule has 7 aromatic carbocycles.